The van der Waals surface area contributed by atoms with Crippen molar-refractivity contribution in [2.75, 3.05) is 0 Å². The molecule has 0 radical (unpaired) electrons. The van der Waals surface area contributed by atoms with E-state index in [1.807, 2.05) is 25.1 Å². The fourth-order valence-corrected chi connectivity index (χ4v) is 2.43. The summed E-state index contributed by atoms with van der Waals surface area (Å²) in [5.41, 5.74) is 2.93. The Morgan fingerprint density at radius 3 is 2.45 bits per heavy atom. The fourth-order valence-electron chi connectivity index (χ4n) is 2.43. The average molecular weight is 271 g/mol. The van der Waals surface area contributed by atoms with Crippen LogP contribution in [-0.2, 0) is 0 Å². The number of halogens is 2. The Kier molecular flexibility index (Phi) is 2.86. The fraction of sp³-hybridized carbons (Fsp3) is 0.0625. The highest BCUT2D eigenvalue weighted by molar-refractivity contribution is 6.05. The van der Waals surface area contributed by atoms with E-state index in [1.165, 1.54) is 12.1 Å². The van der Waals surface area contributed by atoms with Crippen molar-refractivity contribution in [3.63, 3.8) is 0 Å². The number of nitrogens with one attached hydrogen (secondary N) is 1. The normalized spacial score (nSPS) is 10.9. The van der Waals surface area contributed by atoms with Crippen molar-refractivity contribution in [3.05, 3.63) is 59.2 Å². The van der Waals surface area contributed by atoms with Gasteiger partial charge in [0.2, 0.25) is 0 Å². The highest BCUT2D eigenvalue weighted by Crippen LogP contribution is 2.31. The quantitative estimate of drug-likeness (QED) is 0.695. The number of carbonyl (C=O) groups excluding carboxylic acids is 1. The lowest BCUT2D eigenvalue weighted by atomic mass is 10.1. The van der Waals surface area contributed by atoms with E-state index >= 15 is 0 Å². The maximum absolute atomic E-state index is 13.3. The first kappa shape index (κ1) is 12.5. The summed E-state index contributed by atoms with van der Waals surface area (Å²) < 4.78 is 26.7. The number of aryl methyl sites for hydroxylation is 1. The largest absolute Gasteiger partial charge is 0.354 e. The van der Waals surface area contributed by atoms with E-state index < -0.39 is 11.6 Å². The zero-order valence-corrected chi connectivity index (χ0v) is 10.7. The number of hydrogen-bond donors (Lipinski definition) is 1. The monoisotopic (exact) mass is 271 g/mol. The maximum Gasteiger partial charge on any atom is 0.152 e. The molecule has 0 spiro atoms. The first-order valence-electron chi connectivity index (χ1n) is 6.13. The lowest BCUT2D eigenvalue weighted by Crippen LogP contribution is -1.88. The molecule has 0 amide bonds. The molecule has 0 saturated carbocycles. The van der Waals surface area contributed by atoms with Gasteiger partial charge in [0.25, 0.3) is 0 Å². The molecule has 1 heterocycles. The minimum absolute atomic E-state index is 0.320. The number of fused-ring (bicyclic) bond motifs is 1. The molecule has 0 aliphatic heterocycles. The number of hydrogen-bond acceptors (Lipinski definition) is 1. The van der Waals surface area contributed by atoms with Crippen LogP contribution in [0.15, 0.2) is 36.4 Å². The molecule has 20 heavy (non-hydrogen) atoms. The van der Waals surface area contributed by atoms with E-state index in [4.69, 9.17) is 0 Å². The van der Waals surface area contributed by atoms with Crippen molar-refractivity contribution < 1.29 is 13.6 Å². The van der Waals surface area contributed by atoms with Crippen LogP contribution in [0.4, 0.5) is 8.78 Å². The summed E-state index contributed by atoms with van der Waals surface area (Å²) >= 11 is 0. The van der Waals surface area contributed by atoms with Crippen LogP contribution in [0.1, 0.15) is 15.9 Å². The molecule has 1 N–H and O–H groups in total. The molecule has 100 valence electrons. The van der Waals surface area contributed by atoms with Gasteiger partial charge in [-0.1, -0.05) is 18.2 Å². The smallest absolute Gasteiger partial charge is 0.152 e. The number of aldehydes is 1. The Hall–Kier alpha value is -2.49. The van der Waals surface area contributed by atoms with E-state index in [0.717, 1.165) is 22.5 Å². The van der Waals surface area contributed by atoms with Gasteiger partial charge in [0.15, 0.2) is 6.29 Å². The standard InChI is InChI=1S/C16H11F2NO/c1-9-3-2-4-13-14(8-20)16(19-15(9)13)10-5-11(17)7-12(18)6-10/h2-8,19H,1H3. The molecule has 1 aromatic heterocycles. The summed E-state index contributed by atoms with van der Waals surface area (Å²) in [6.07, 6.45) is 0.705. The third-order valence-corrected chi connectivity index (χ3v) is 3.35. The lowest BCUT2D eigenvalue weighted by molar-refractivity contribution is 0.112. The van der Waals surface area contributed by atoms with Crippen LogP contribution in [0.25, 0.3) is 22.2 Å². The number of H-pyrrole nitrogens is 1. The number of aromatic amines is 1. The number of benzene rings is 2. The van der Waals surface area contributed by atoms with Gasteiger partial charge in [-0.3, -0.25) is 4.79 Å². The third kappa shape index (κ3) is 1.90. The van der Waals surface area contributed by atoms with Crippen LogP contribution in [0.5, 0.6) is 0 Å². The molecule has 0 unspecified atom stereocenters. The minimum Gasteiger partial charge on any atom is -0.354 e. The lowest BCUT2D eigenvalue weighted by Gasteiger charge is -2.01. The van der Waals surface area contributed by atoms with Gasteiger partial charge in [0, 0.05) is 28.1 Å². The summed E-state index contributed by atoms with van der Waals surface area (Å²) in [6, 6.07) is 8.77. The summed E-state index contributed by atoms with van der Waals surface area (Å²) in [5, 5.41) is 0.750. The van der Waals surface area contributed by atoms with Crippen LogP contribution >= 0.6 is 0 Å². The summed E-state index contributed by atoms with van der Waals surface area (Å²) in [7, 11) is 0. The molecule has 0 atom stereocenters. The van der Waals surface area contributed by atoms with Gasteiger partial charge in [-0.25, -0.2) is 8.78 Å². The van der Waals surface area contributed by atoms with Gasteiger partial charge in [-0.05, 0) is 24.6 Å². The van der Waals surface area contributed by atoms with Crippen molar-refractivity contribution in [3.8, 4) is 11.3 Å². The van der Waals surface area contributed by atoms with Gasteiger partial charge >= 0.3 is 0 Å². The van der Waals surface area contributed by atoms with Gasteiger partial charge < -0.3 is 4.98 Å². The van der Waals surface area contributed by atoms with E-state index in [2.05, 4.69) is 4.98 Å². The molecular weight excluding hydrogens is 260 g/mol. The zero-order valence-electron chi connectivity index (χ0n) is 10.7. The van der Waals surface area contributed by atoms with Gasteiger partial charge in [0.05, 0.1) is 5.69 Å². The van der Waals surface area contributed by atoms with Crippen LogP contribution in [0, 0.1) is 18.6 Å². The van der Waals surface area contributed by atoms with E-state index in [0.29, 0.717) is 23.1 Å². The molecule has 3 aromatic rings. The van der Waals surface area contributed by atoms with Crippen molar-refractivity contribution in [1.82, 2.24) is 4.98 Å². The minimum atomic E-state index is -0.674. The molecule has 0 fully saturated rings. The number of carbonyl (C=O) groups is 1. The van der Waals surface area contributed by atoms with Gasteiger partial charge in [0.1, 0.15) is 11.6 Å². The molecule has 0 saturated heterocycles. The number of para-hydroxylation sites is 1. The second-order valence-corrected chi connectivity index (χ2v) is 4.69. The molecule has 2 nitrogen and oxygen atoms in total. The highest BCUT2D eigenvalue weighted by Gasteiger charge is 2.15. The number of aromatic nitrogens is 1. The van der Waals surface area contributed by atoms with E-state index in [9.17, 15) is 13.6 Å². The molecule has 0 bridgehead atoms. The van der Waals surface area contributed by atoms with Crippen LogP contribution in [0.3, 0.4) is 0 Å². The SMILES string of the molecule is Cc1cccc2c(C=O)c(-c3cc(F)cc(F)c3)[nH]c12. The maximum atomic E-state index is 13.3. The Morgan fingerprint density at radius 1 is 1.10 bits per heavy atom. The van der Waals surface area contributed by atoms with E-state index in [1.54, 1.807) is 0 Å². The topological polar surface area (TPSA) is 32.9 Å². The Morgan fingerprint density at radius 2 is 1.80 bits per heavy atom. The zero-order chi connectivity index (χ0) is 14.3. The average Bonchev–Trinajstić information content (AvgIpc) is 2.77. The number of rotatable bonds is 2. The van der Waals surface area contributed by atoms with E-state index in [-0.39, 0.29) is 0 Å². The van der Waals surface area contributed by atoms with Crippen LogP contribution < -0.4 is 0 Å². The van der Waals surface area contributed by atoms with Gasteiger partial charge in [-0.15, -0.1) is 0 Å². The Bertz CT molecular complexity index is 800. The molecule has 3 rings (SSSR count). The van der Waals surface area contributed by atoms with Gasteiger partial charge in [-0.2, -0.15) is 0 Å². The summed E-state index contributed by atoms with van der Waals surface area (Å²) in [6.45, 7) is 1.91. The predicted molar refractivity (Wildman–Crippen MR) is 73.8 cm³/mol. The molecule has 4 heteroatoms. The van der Waals surface area contributed by atoms with Crippen molar-refractivity contribution in [1.29, 1.82) is 0 Å². The van der Waals surface area contributed by atoms with Crippen molar-refractivity contribution in [2.45, 2.75) is 6.92 Å². The second-order valence-electron chi connectivity index (χ2n) is 4.69. The Balaban J connectivity index is 2.36. The van der Waals surface area contributed by atoms with Crippen molar-refractivity contribution >= 4 is 17.2 Å². The van der Waals surface area contributed by atoms with Crippen LogP contribution in [-0.4, -0.2) is 11.3 Å². The summed E-state index contributed by atoms with van der Waals surface area (Å²) in [4.78, 5) is 14.4. The predicted octanol–water partition coefficient (Wildman–Crippen LogP) is 4.23. The van der Waals surface area contributed by atoms with Crippen LogP contribution in [0.2, 0.25) is 0 Å². The second kappa shape index (κ2) is 4.56. The summed E-state index contributed by atoms with van der Waals surface area (Å²) in [5.74, 6) is -1.35. The molecular formula is C16H11F2NO. The molecule has 0 aliphatic rings. The first-order chi connectivity index (χ1) is 9.60. The molecule has 2 aromatic carbocycles. The highest BCUT2D eigenvalue weighted by atomic mass is 19.1. The first-order valence-corrected chi connectivity index (χ1v) is 6.13. The van der Waals surface area contributed by atoms with Crippen molar-refractivity contribution in [2.24, 2.45) is 0 Å². The Labute approximate surface area is 114 Å². The molecule has 0 aliphatic carbocycles. The third-order valence-electron chi connectivity index (χ3n) is 3.35.